The normalized spacial score (nSPS) is 12.1. The first-order valence-electron chi connectivity index (χ1n) is 16.8. The molecule has 0 aliphatic rings. The Balaban J connectivity index is 1.20. The molecular formula is C46H28N2O. The number of furan rings is 1. The molecule has 3 heterocycles. The Labute approximate surface area is 281 Å². The van der Waals surface area contributed by atoms with Crippen molar-refractivity contribution >= 4 is 76.3 Å². The van der Waals surface area contributed by atoms with Gasteiger partial charge in [-0.05, 0) is 70.4 Å². The van der Waals surface area contributed by atoms with Crippen LogP contribution >= 0.6 is 0 Å². The summed E-state index contributed by atoms with van der Waals surface area (Å²) in [6.07, 6.45) is 0. The standard InChI is InChI=1S/C46H28N2O/c1-2-10-31-27-32(18-17-29(31)9-1)30-19-21-33(22-20-30)47-41-14-6-3-11-35(41)39-25-26-40-36-12-4-7-15-42(36)48(46(40)45(39)47)34-23-24-38-37-13-5-8-16-43(37)49-44(38)28-34/h1-28H. The lowest BCUT2D eigenvalue weighted by atomic mass is 10.0. The van der Waals surface area contributed by atoms with Crippen molar-refractivity contribution in [2.75, 3.05) is 0 Å². The van der Waals surface area contributed by atoms with E-state index in [1.165, 1.54) is 65.5 Å². The Bertz CT molecular complexity index is 3100. The quantitative estimate of drug-likeness (QED) is 0.192. The van der Waals surface area contributed by atoms with Crippen molar-refractivity contribution in [1.29, 1.82) is 0 Å². The van der Waals surface area contributed by atoms with E-state index in [1.54, 1.807) is 0 Å². The summed E-state index contributed by atoms with van der Waals surface area (Å²) in [7, 11) is 0. The fourth-order valence-electron chi connectivity index (χ4n) is 8.06. The molecule has 0 bridgehead atoms. The monoisotopic (exact) mass is 624 g/mol. The summed E-state index contributed by atoms with van der Waals surface area (Å²) >= 11 is 0. The molecule has 0 aliphatic heterocycles. The smallest absolute Gasteiger partial charge is 0.137 e. The van der Waals surface area contributed by atoms with Gasteiger partial charge in [0.2, 0.25) is 0 Å². The minimum absolute atomic E-state index is 0.890. The lowest BCUT2D eigenvalue weighted by molar-refractivity contribution is 0.668. The summed E-state index contributed by atoms with van der Waals surface area (Å²) in [5.41, 5.74) is 11.2. The molecular weight excluding hydrogens is 597 g/mol. The Hall–Kier alpha value is -6.58. The summed E-state index contributed by atoms with van der Waals surface area (Å²) < 4.78 is 11.3. The average Bonchev–Trinajstić information content (AvgIpc) is 3.82. The van der Waals surface area contributed by atoms with Gasteiger partial charge in [0.05, 0.1) is 27.8 Å². The number of benzene rings is 8. The van der Waals surface area contributed by atoms with Crippen LogP contribution in [0.2, 0.25) is 0 Å². The van der Waals surface area contributed by atoms with Gasteiger partial charge in [-0.15, -0.1) is 0 Å². The molecule has 8 aromatic carbocycles. The fraction of sp³-hybridized carbons (Fsp3) is 0. The van der Waals surface area contributed by atoms with Gasteiger partial charge < -0.3 is 13.6 Å². The Morgan fingerprint density at radius 2 is 0.857 bits per heavy atom. The maximum Gasteiger partial charge on any atom is 0.137 e. The highest BCUT2D eigenvalue weighted by atomic mass is 16.3. The van der Waals surface area contributed by atoms with Gasteiger partial charge in [0.1, 0.15) is 11.2 Å². The van der Waals surface area contributed by atoms with Gasteiger partial charge in [-0.3, -0.25) is 0 Å². The van der Waals surface area contributed by atoms with Crippen LogP contribution in [0.15, 0.2) is 174 Å². The number of fused-ring (bicyclic) bond motifs is 11. The highest BCUT2D eigenvalue weighted by molar-refractivity contribution is 6.24. The third-order valence-corrected chi connectivity index (χ3v) is 10.3. The van der Waals surface area contributed by atoms with Crippen molar-refractivity contribution in [3.8, 4) is 22.5 Å². The van der Waals surface area contributed by atoms with Crippen LogP contribution in [0.5, 0.6) is 0 Å². The van der Waals surface area contributed by atoms with Crippen molar-refractivity contribution in [3.63, 3.8) is 0 Å². The van der Waals surface area contributed by atoms with E-state index in [2.05, 4.69) is 167 Å². The molecule has 0 fully saturated rings. The lowest BCUT2D eigenvalue weighted by Crippen LogP contribution is -1.98. The third kappa shape index (κ3) is 3.78. The van der Waals surface area contributed by atoms with Crippen LogP contribution in [0.4, 0.5) is 0 Å². The van der Waals surface area contributed by atoms with Crippen molar-refractivity contribution in [2.45, 2.75) is 0 Å². The zero-order valence-corrected chi connectivity index (χ0v) is 26.5. The molecule has 0 saturated carbocycles. The van der Waals surface area contributed by atoms with Crippen molar-refractivity contribution < 1.29 is 4.42 Å². The third-order valence-electron chi connectivity index (χ3n) is 10.3. The van der Waals surface area contributed by atoms with E-state index in [0.29, 0.717) is 0 Å². The van der Waals surface area contributed by atoms with Crippen LogP contribution in [0.25, 0.3) is 98.8 Å². The predicted molar refractivity (Wildman–Crippen MR) is 205 cm³/mol. The summed E-state index contributed by atoms with van der Waals surface area (Å²) in [5, 5.41) is 9.71. The van der Waals surface area contributed by atoms with Gasteiger partial charge in [-0.1, -0.05) is 115 Å². The topological polar surface area (TPSA) is 23.0 Å². The maximum absolute atomic E-state index is 6.40. The molecule has 0 spiro atoms. The summed E-state index contributed by atoms with van der Waals surface area (Å²) in [6, 6.07) is 61.4. The molecule has 228 valence electrons. The van der Waals surface area contributed by atoms with Crippen LogP contribution < -0.4 is 0 Å². The SMILES string of the molecule is c1ccc2cc(-c3ccc(-n4c5ccccc5c5ccc6c7ccccc7n(-c7ccc8c(c7)oc7ccccc78)c6c54)cc3)ccc2c1. The first-order chi connectivity index (χ1) is 24.3. The zero-order valence-electron chi connectivity index (χ0n) is 26.5. The second kappa shape index (κ2) is 9.96. The van der Waals surface area contributed by atoms with Crippen LogP contribution in [0, 0.1) is 0 Å². The van der Waals surface area contributed by atoms with E-state index in [1.807, 2.05) is 12.1 Å². The molecule has 11 aromatic rings. The van der Waals surface area contributed by atoms with E-state index < -0.39 is 0 Å². The van der Waals surface area contributed by atoms with Gasteiger partial charge >= 0.3 is 0 Å². The van der Waals surface area contributed by atoms with Crippen molar-refractivity contribution in [2.24, 2.45) is 0 Å². The minimum atomic E-state index is 0.890. The lowest BCUT2D eigenvalue weighted by Gasteiger charge is -2.13. The van der Waals surface area contributed by atoms with E-state index >= 15 is 0 Å². The zero-order chi connectivity index (χ0) is 32.1. The summed E-state index contributed by atoms with van der Waals surface area (Å²) in [6.45, 7) is 0. The molecule has 11 rings (SSSR count). The maximum atomic E-state index is 6.40. The second-order valence-electron chi connectivity index (χ2n) is 13.0. The number of para-hydroxylation sites is 3. The first-order valence-corrected chi connectivity index (χ1v) is 16.8. The highest BCUT2D eigenvalue weighted by Gasteiger charge is 2.21. The van der Waals surface area contributed by atoms with Crippen LogP contribution in [-0.2, 0) is 0 Å². The molecule has 0 atom stereocenters. The fourth-order valence-corrected chi connectivity index (χ4v) is 8.06. The molecule has 0 saturated heterocycles. The Kier molecular flexibility index (Phi) is 5.38. The van der Waals surface area contributed by atoms with Crippen LogP contribution in [-0.4, -0.2) is 9.13 Å². The van der Waals surface area contributed by atoms with E-state index in [4.69, 9.17) is 4.42 Å². The molecule has 0 amide bonds. The van der Waals surface area contributed by atoms with Gasteiger partial charge in [0, 0.05) is 44.1 Å². The number of hydrogen-bond donors (Lipinski definition) is 0. The molecule has 3 aromatic heterocycles. The van der Waals surface area contributed by atoms with Crippen molar-refractivity contribution in [3.05, 3.63) is 170 Å². The van der Waals surface area contributed by atoms with Gasteiger partial charge in [0.15, 0.2) is 0 Å². The molecule has 0 unspecified atom stereocenters. The Morgan fingerprint density at radius 1 is 0.327 bits per heavy atom. The average molecular weight is 625 g/mol. The van der Waals surface area contributed by atoms with Gasteiger partial charge in [-0.2, -0.15) is 0 Å². The number of aromatic nitrogens is 2. The minimum Gasteiger partial charge on any atom is -0.456 e. The predicted octanol–water partition coefficient (Wildman–Crippen LogP) is 12.6. The van der Waals surface area contributed by atoms with Gasteiger partial charge in [-0.25, -0.2) is 0 Å². The Morgan fingerprint density at radius 3 is 1.59 bits per heavy atom. The molecule has 0 N–H and O–H groups in total. The highest BCUT2D eigenvalue weighted by Crippen LogP contribution is 2.42. The first kappa shape index (κ1) is 26.5. The summed E-state index contributed by atoms with van der Waals surface area (Å²) in [5.74, 6) is 0. The van der Waals surface area contributed by atoms with Crippen LogP contribution in [0.1, 0.15) is 0 Å². The van der Waals surface area contributed by atoms with E-state index in [-0.39, 0.29) is 0 Å². The van der Waals surface area contributed by atoms with Gasteiger partial charge in [0.25, 0.3) is 0 Å². The number of rotatable bonds is 3. The molecule has 3 heteroatoms. The van der Waals surface area contributed by atoms with E-state index in [9.17, 15) is 0 Å². The van der Waals surface area contributed by atoms with Crippen LogP contribution in [0.3, 0.4) is 0 Å². The largest absolute Gasteiger partial charge is 0.456 e. The molecule has 0 radical (unpaired) electrons. The number of hydrogen-bond acceptors (Lipinski definition) is 1. The second-order valence-corrected chi connectivity index (χ2v) is 13.0. The summed E-state index contributed by atoms with van der Waals surface area (Å²) in [4.78, 5) is 0. The van der Waals surface area contributed by atoms with E-state index in [0.717, 1.165) is 33.3 Å². The molecule has 49 heavy (non-hydrogen) atoms. The number of nitrogens with zero attached hydrogens (tertiary/aromatic N) is 2. The van der Waals surface area contributed by atoms with Crippen molar-refractivity contribution in [1.82, 2.24) is 9.13 Å². The molecule has 3 nitrogen and oxygen atoms in total. The molecule has 0 aliphatic carbocycles.